The van der Waals surface area contributed by atoms with Crippen LogP contribution in [-0.2, 0) is 10.0 Å². The molecule has 0 aliphatic rings. The maximum atomic E-state index is 12.3. The fraction of sp³-hybridized carbons (Fsp3) is 0. The van der Waals surface area contributed by atoms with Crippen molar-refractivity contribution in [1.82, 2.24) is 4.98 Å². The van der Waals surface area contributed by atoms with Gasteiger partial charge in [0.2, 0.25) is 0 Å². The van der Waals surface area contributed by atoms with Crippen LogP contribution in [0.25, 0.3) is 10.2 Å². The summed E-state index contributed by atoms with van der Waals surface area (Å²) in [6.45, 7) is 0. The highest BCUT2D eigenvalue weighted by Crippen LogP contribution is 2.37. The summed E-state index contributed by atoms with van der Waals surface area (Å²) in [5.41, 5.74) is 0.593. The minimum absolute atomic E-state index is 0.201. The first kappa shape index (κ1) is 15.7. The van der Waals surface area contributed by atoms with Crippen molar-refractivity contribution >= 4 is 91.5 Å². The number of rotatable bonds is 3. The molecule has 0 radical (unpaired) electrons. The van der Waals surface area contributed by atoms with Crippen LogP contribution in [0.15, 0.2) is 36.7 Å². The van der Waals surface area contributed by atoms with Gasteiger partial charge in [0.05, 0.1) is 13.5 Å². The molecule has 0 atom stereocenters. The Bertz CT molecular complexity index is 917. The molecule has 0 aliphatic heterocycles. The molecule has 10 heteroatoms. The minimum atomic E-state index is -3.66. The Kier molecular flexibility index (Phi) is 4.32. The minimum Gasteiger partial charge on any atom is -0.254 e. The van der Waals surface area contributed by atoms with Crippen LogP contribution in [0.3, 0.4) is 0 Å². The maximum Gasteiger partial charge on any atom is 0.273 e. The van der Waals surface area contributed by atoms with Gasteiger partial charge in [0.25, 0.3) is 10.0 Å². The highest BCUT2D eigenvalue weighted by Gasteiger charge is 2.21. The third kappa shape index (κ3) is 3.13. The Morgan fingerprint density at radius 2 is 2.00 bits per heavy atom. The zero-order chi connectivity index (χ0) is 15.2. The number of thiazole rings is 1. The second-order valence-corrected chi connectivity index (χ2v) is 10.5. The van der Waals surface area contributed by atoms with Gasteiger partial charge in [0, 0.05) is 4.47 Å². The largest absolute Gasteiger partial charge is 0.273 e. The van der Waals surface area contributed by atoms with Crippen molar-refractivity contribution in [1.29, 1.82) is 0 Å². The molecule has 0 saturated heterocycles. The Labute approximate surface area is 150 Å². The number of nitrogens with zero attached hydrogens (tertiary/aromatic N) is 1. The number of thiophene rings is 1. The molecule has 1 aromatic carbocycles. The Morgan fingerprint density at radius 1 is 1.24 bits per heavy atom. The van der Waals surface area contributed by atoms with E-state index in [0.717, 1.165) is 19.8 Å². The molecule has 0 fully saturated rings. The van der Waals surface area contributed by atoms with E-state index in [1.807, 2.05) is 6.07 Å². The predicted octanol–water partition coefficient (Wildman–Crippen LogP) is 5.34. The molecule has 2 heterocycles. The van der Waals surface area contributed by atoms with Crippen LogP contribution in [-0.4, -0.2) is 13.4 Å². The van der Waals surface area contributed by atoms with Gasteiger partial charge in [-0.05, 0) is 50.1 Å². The second kappa shape index (κ2) is 5.78. The lowest BCUT2D eigenvalue weighted by Gasteiger charge is -2.01. The van der Waals surface area contributed by atoms with Crippen molar-refractivity contribution in [3.05, 3.63) is 37.5 Å². The van der Waals surface area contributed by atoms with Crippen LogP contribution in [0, 0.1) is 0 Å². The van der Waals surface area contributed by atoms with E-state index in [0.29, 0.717) is 20.1 Å². The molecular weight excluding hydrogens is 484 g/mol. The summed E-state index contributed by atoms with van der Waals surface area (Å²) < 4.78 is 29.6. The Morgan fingerprint density at radius 3 is 2.62 bits per heavy atom. The zero-order valence-corrected chi connectivity index (χ0v) is 16.3. The maximum absolute atomic E-state index is 12.3. The number of hydrogen-bond donors (Lipinski definition) is 1. The summed E-state index contributed by atoms with van der Waals surface area (Å²) in [5, 5.41) is 0.787. The van der Waals surface area contributed by atoms with Crippen LogP contribution in [0.5, 0.6) is 0 Å². The molecule has 0 spiro atoms. The average Bonchev–Trinajstić information content (AvgIpc) is 2.94. The molecule has 21 heavy (non-hydrogen) atoms. The average molecular weight is 489 g/mol. The molecule has 0 unspecified atom stereocenters. The summed E-state index contributed by atoms with van der Waals surface area (Å²) in [5.74, 6) is 0. The van der Waals surface area contributed by atoms with Crippen molar-refractivity contribution in [3.8, 4) is 0 Å². The fourth-order valence-corrected chi connectivity index (χ4v) is 6.80. The number of nitrogens with one attached hydrogen (secondary N) is 1. The molecule has 2 aromatic heterocycles. The Hall–Kier alpha value is -0.190. The number of benzene rings is 1. The summed E-state index contributed by atoms with van der Waals surface area (Å²) in [6.07, 6.45) is 0. The summed E-state index contributed by atoms with van der Waals surface area (Å²) in [6, 6.07) is 6.90. The van der Waals surface area contributed by atoms with E-state index in [2.05, 4.69) is 41.6 Å². The summed E-state index contributed by atoms with van der Waals surface area (Å²) in [4.78, 5) is 4.23. The molecule has 110 valence electrons. The molecule has 0 bridgehead atoms. The molecule has 0 amide bonds. The van der Waals surface area contributed by atoms with Gasteiger partial charge < -0.3 is 0 Å². The predicted molar refractivity (Wildman–Crippen MR) is 95.2 cm³/mol. The lowest BCUT2D eigenvalue weighted by Crippen LogP contribution is -2.11. The van der Waals surface area contributed by atoms with E-state index in [1.165, 1.54) is 17.4 Å². The number of sulfonamides is 1. The van der Waals surface area contributed by atoms with E-state index in [-0.39, 0.29) is 4.21 Å². The lowest BCUT2D eigenvalue weighted by atomic mass is 10.3. The third-order valence-electron chi connectivity index (χ3n) is 2.48. The first-order valence-corrected chi connectivity index (χ1v) is 10.5. The van der Waals surface area contributed by atoms with E-state index in [1.54, 1.807) is 12.1 Å². The molecule has 3 aromatic rings. The molecular formula is C11H5Br2ClN2O2S3. The smallest absolute Gasteiger partial charge is 0.254 e. The standard InChI is InChI=1S/C11H5Br2ClN2O2S3/c12-5-4-8(20-10(5)13)21(17,18)16-11-15-9-6(14)2-1-3-7(9)19-11/h1-4H,(H,15,16). The van der Waals surface area contributed by atoms with Gasteiger partial charge in [-0.15, -0.1) is 11.3 Å². The van der Waals surface area contributed by atoms with Gasteiger partial charge in [-0.1, -0.05) is 29.0 Å². The first-order valence-electron chi connectivity index (χ1n) is 5.39. The number of para-hydroxylation sites is 1. The van der Waals surface area contributed by atoms with Gasteiger partial charge in [0.1, 0.15) is 9.73 Å². The van der Waals surface area contributed by atoms with E-state index >= 15 is 0 Å². The fourth-order valence-electron chi connectivity index (χ4n) is 1.58. The number of fused-ring (bicyclic) bond motifs is 1. The number of aromatic nitrogens is 1. The highest BCUT2D eigenvalue weighted by molar-refractivity contribution is 9.13. The van der Waals surface area contributed by atoms with Crippen LogP contribution >= 0.6 is 66.1 Å². The van der Waals surface area contributed by atoms with Crippen molar-refractivity contribution in [2.45, 2.75) is 4.21 Å². The Balaban J connectivity index is 1.99. The van der Waals surface area contributed by atoms with Crippen molar-refractivity contribution in [2.75, 3.05) is 4.72 Å². The molecule has 0 aliphatic carbocycles. The van der Waals surface area contributed by atoms with Crippen molar-refractivity contribution in [3.63, 3.8) is 0 Å². The topological polar surface area (TPSA) is 59.1 Å². The van der Waals surface area contributed by atoms with Gasteiger partial charge in [-0.25, -0.2) is 13.4 Å². The molecule has 3 rings (SSSR count). The molecule has 1 N–H and O–H groups in total. The zero-order valence-electron chi connectivity index (χ0n) is 9.93. The van der Waals surface area contributed by atoms with E-state index in [4.69, 9.17) is 11.6 Å². The van der Waals surface area contributed by atoms with Gasteiger partial charge in [-0.3, -0.25) is 4.72 Å². The lowest BCUT2D eigenvalue weighted by molar-refractivity contribution is 0.603. The second-order valence-electron chi connectivity index (χ2n) is 3.90. The number of anilines is 1. The van der Waals surface area contributed by atoms with Crippen LogP contribution in [0.2, 0.25) is 5.02 Å². The van der Waals surface area contributed by atoms with Crippen LogP contribution in [0.1, 0.15) is 0 Å². The normalized spacial score (nSPS) is 12.0. The number of hydrogen-bond acceptors (Lipinski definition) is 5. The SMILES string of the molecule is O=S(=O)(Nc1nc2c(Cl)cccc2s1)c1cc(Br)c(Br)s1. The van der Waals surface area contributed by atoms with Crippen LogP contribution < -0.4 is 4.72 Å². The first-order chi connectivity index (χ1) is 9.87. The van der Waals surface area contributed by atoms with E-state index < -0.39 is 10.0 Å². The number of halogens is 3. The molecule has 4 nitrogen and oxygen atoms in total. The van der Waals surface area contributed by atoms with Gasteiger partial charge >= 0.3 is 0 Å². The van der Waals surface area contributed by atoms with Crippen molar-refractivity contribution < 1.29 is 8.42 Å². The summed E-state index contributed by atoms with van der Waals surface area (Å²) in [7, 11) is -3.66. The highest BCUT2D eigenvalue weighted by atomic mass is 79.9. The van der Waals surface area contributed by atoms with E-state index in [9.17, 15) is 8.42 Å². The van der Waals surface area contributed by atoms with Crippen LogP contribution in [0.4, 0.5) is 5.13 Å². The van der Waals surface area contributed by atoms with Crippen molar-refractivity contribution in [2.24, 2.45) is 0 Å². The summed E-state index contributed by atoms with van der Waals surface area (Å²) >= 11 is 15.0. The molecule has 0 saturated carbocycles. The quantitative estimate of drug-likeness (QED) is 0.542. The van der Waals surface area contributed by atoms with Gasteiger partial charge in [-0.2, -0.15) is 0 Å². The van der Waals surface area contributed by atoms with Gasteiger partial charge in [0.15, 0.2) is 5.13 Å². The monoisotopic (exact) mass is 486 g/mol. The third-order valence-corrected chi connectivity index (χ3v) is 8.92.